The summed E-state index contributed by atoms with van der Waals surface area (Å²) < 4.78 is 22.2. The minimum atomic E-state index is -2.04. The van der Waals surface area contributed by atoms with Crippen LogP contribution in [0.2, 0.25) is 0 Å². The van der Waals surface area contributed by atoms with Gasteiger partial charge in [-0.3, -0.25) is 9.80 Å². The fourth-order valence-corrected chi connectivity index (χ4v) is 5.16. The molecule has 1 aliphatic heterocycles. The van der Waals surface area contributed by atoms with E-state index in [9.17, 15) is 0 Å². The number of hydrogen-bond acceptors (Lipinski definition) is 3. The smallest absolute Gasteiger partial charge is 0.315 e. The number of hydrogen-bond donors (Lipinski definition) is 0. The molecule has 186 valence electrons. The summed E-state index contributed by atoms with van der Waals surface area (Å²) in [7, 11) is 1.46. The molecule has 3 nitrogen and oxygen atoms in total. The summed E-state index contributed by atoms with van der Waals surface area (Å²) in [6.07, 6.45) is 1.65. The van der Waals surface area contributed by atoms with Gasteiger partial charge in [0.15, 0.2) is 0 Å². The van der Waals surface area contributed by atoms with Gasteiger partial charge in [0, 0.05) is 19.5 Å². The molecule has 0 bridgehead atoms. The average molecular weight is 467 g/mol. The zero-order chi connectivity index (χ0) is 25.2. The number of halogens is 1. The Morgan fingerprint density at radius 3 is 1.18 bits per heavy atom. The summed E-state index contributed by atoms with van der Waals surface area (Å²) >= 11 is 0. The minimum Gasteiger partial charge on any atom is -0.315 e. The Bertz CT molecular complexity index is 881. The van der Waals surface area contributed by atoms with Crippen LogP contribution in [-0.4, -0.2) is 23.0 Å². The molecule has 0 aromatic heterocycles. The fourth-order valence-electron chi connectivity index (χ4n) is 5.16. The molecule has 0 unspecified atom stereocenters. The summed E-state index contributed by atoms with van der Waals surface area (Å²) in [5.41, 5.74) is 7.46. The Labute approximate surface area is 206 Å². The summed E-state index contributed by atoms with van der Waals surface area (Å²) in [6.45, 7) is 18.5. The summed E-state index contributed by atoms with van der Waals surface area (Å²) in [5, 5.41) is 0. The molecule has 34 heavy (non-hydrogen) atoms. The second-order valence-corrected chi connectivity index (χ2v) is 10.7. The van der Waals surface area contributed by atoms with Crippen molar-refractivity contribution in [1.29, 1.82) is 0 Å². The van der Waals surface area contributed by atoms with Crippen molar-refractivity contribution in [3.05, 3.63) is 82.2 Å². The standard InChI is InChI=1S/C30H43FN2O/c1-20(2)24-12-10-13-25(21(3)4)28(24)18-32-16-17-33(30(32,31)34-9)19-29-26(22(5)6)14-11-15-27(29)23(7)8/h10-17,20-23H,18-19H2,1-9H3. The van der Waals surface area contributed by atoms with Gasteiger partial charge in [0.05, 0.1) is 13.1 Å². The predicted molar refractivity (Wildman–Crippen MR) is 140 cm³/mol. The number of rotatable bonds is 9. The van der Waals surface area contributed by atoms with Crippen molar-refractivity contribution in [3.8, 4) is 0 Å². The lowest BCUT2D eigenvalue weighted by Gasteiger charge is -2.38. The topological polar surface area (TPSA) is 15.7 Å². The van der Waals surface area contributed by atoms with E-state index in [1.807, 2.05) is 12.4 Å². The zero-order valence-corrected chi connectivity index (χ0v) is 22.5. The zero-order valence-electron chi connectivity index (χ0n) is 22.5. The molecule has 0 N–H and O–H groups in total. The van der Waals surface area contributed by atoms with Crippen LogP contribution < -0.4 is 0 Å². The van der Waals surface area contributed by atoms with Gasteiger partial charge in [0.25, 0.3) is 0 Å². The molecule has 0 atom stereocenters. The van der Waals surface area contributed by atoms with Crippen molar-refractivity contribution in [3.63, 3.8) is 0 Å². The van der Waals surface area contributed by atoms with E-state index < -0.39 is 6.10 Å². The Morgan fingerprint density at radius 1 is 0.647 bits per heavy atom. The number of nitrogens with zero attached hydrogens (tertiary/aromatic N) is 2. The third-order valence-corrected chi connectivity index (χ3v) is 7.04. The van der Waals surface area contributed by atoms with Crippen molar-refractivity contribution < 1.29 is 9.13 Å². The monoisotopic (exact) mass is 466 g/mol. The molecule has 0 amide bonds. The second-order valence-electron chi connectivity index (χ2n) is 10.7. The molecular weight excluding hydrogens is 423 g/mol. The molecular formula is C30H43FN2O. The highest BCUT2D eigenvalue weighted by atomic mass is 19.2. The molecule has 0 spiro atoms. The van der Waals surface area contributed by atoms with E-state index in [-0.39, 0.29) is 0 Å². The molecule has 0 radical (unpaired) electrons. The third-order valence-electron chi connectivity index (χ3n) is 7.04. The SMILES string of the molecule is COC1(F)N(Cc2c(C(C)C)cccc2C(C)C)C=CN1Cc1c(C(C)C)cccc1C(C)C. The second kappa shape index (κ2) is 10.5. The van der Waals surface area contributed by atoms with Gasteiger partial charge >= 0.3 is 6.10 Å². The van der Waals surface area contributed by atoms with Gasteiger partial charge < -0.3 is 4.74 Å². The Morgan fingerprint density at radius 2 is 0.941 bits per heavy atom. The molecule has 0 saturated carbocycles. The van der Waals surface area contributed by atoms with Gasteiger partial charge in [-0.15, -0.1) is 0 Å². The number of alkyl halides is 1. The van der Waals surface area contributed by atoms with Crippen LogP contribution in [-0.2, 0) is 17.8 Å². The lowest BCUT2D eigenvalue weighted by Crippen LogP contribution is -2.50. The van der Waals surface area contributed by atoms with Crippen LogP contribution in [0.25, 0.3) is 0 Å². The summed E-state index contributed by atoms with van der Waals surface area (Å²) in [5.74, 6) is 1.44. The molecule has 0 saturated heterocycles. The van der Waals surface area contributed by atoms with Crippen molar-refractivity contribution in [2.75, 3.05) is 7.11 Å². The molecule has 0 fully saturated rings. The van der Waals surface area contributed by atoms with Crippen molar-refractivity contribution >= 4 is 0 Å². The van der Waals surface area contributed by atoms with Crippen LogP contribution >= 0.6 is 0 Å². The van der Waals surface area contributed by atoms with Crippen molar-refractivity contribution in [1.82, 2.24) is 9.80 Å². The molecule has 2 aromatic rings. The molecule has 1 heterocycles. The minimum absolute atomic E-state index is 0.361. The van der Waals surface area contributed by atoms with Crippen LogP contribution in [0, 0.1) is 0 Å². The maximum absolute atomic E-state index is 16.6. The van der Waals surface area contributed by atoms with E-state index in [0.29, 0.717) is 36.8 Å². The molecule has 4 heteroatoms. The van der Waals surface area contributed by atoms with Gasteiger partial charge in [0.1, 0.15) is 0 Å². The first-order valence-corrected chi connectivity index (χ1v) is 12.7. The number of methoxy groups -OCH3 is 1. The highest BCUT2D eigenvalue weighted by molar-refractivity contribution is 5.41. The first-order chi connectivity index (χ1) is 16.0. The van der Waals surface area contributed by atoms with E-state index in [2.05, 4.69) is 91.8 Å². The quantitative estimate of drug-likeness (QED) is 0.346. The van der Waals surface area contributed by atoms with Crippen molar-refractivity contribution in [2.24, 2.45) is 0 Å². The molecule has 0 aliphatic carbocycles. The summed E-state index contributed by atoms with van der Waals surface area (Å²) in [4.78, 5) is 3.40. The number of ether oxygens (including phenoxy) is 1. The van der Waals surface area contributed by atoms with Gasteiger partial charge in [-0.25, -0.2) is 0 Å². The van der Waals surface area contributed by atoms with Crippen LogP contribution in [0.1, 0.15) is 112 Å². The Balaban J connectivity index is 1.98. The molecule has 2 aromatic carbocycles. The average Bonchev–Trinajstić information content (AvgIpc) is 3.09. The lowest BCUT2D eigenvalue weighted by molar-refractivity contribution is -0.283. The predicted octanol–water partition coefficient (Wildman–Crippen LogP) is 8.20. The highest BCUT2D eigenvalue weighted by Crippen LogP contribution is 2.38. The number of benzene rings is 2. The van der Waals surface area contributed by atoms with E-state index >= 15 is 4.39 Å². The van der Waals surface area contributed by atoms with Gasteiger partial charge in [0.2, 0.25) is 0 Å². The van der Waals surface area contributed by atoms with Crippen LogP contribution in [0.3, 0.4) is 0 Å². The third kappa shape index (κ3) is 5.02. The van der Waals surface area contributed by atoms with E-state index in [0.717, 1.165) is 0 Å². The van der Waals surface area contributed by atoms with Gasteiger partial charge in [-0.2, -0.15) is 4.39 Å². The van der Waals surface area contributed by atoms with E-state index in [1.165, 1.54) is 40.5 Å². The largest absolute Gasteiger partial charge is 0.378 e. The van der Waals surface area contributed by atoms with E-state index in [1.54, 1.807) is 9.80 Å². The van der Waals surface area contributed by atoms with Gasteiger partial charge in [-0.05, 0) is 57.1 Å². The molecule has 1 aliphatic rings. The van der Waals surface area contributed by atoms with Crippen LogP contribution in [0.5, 0.6) is 0 Å². The Hall–Kier alpha value is -2.33. The van der Waals surface area contributed by atoms with E-state index in [4.69, 9.17) is 4.74 Å². The first kappa shape index (κ1) is 26.3. The fraction of sp³-hybridized carbons (Fsp3) is 0.533. The van der Waals surface area contributed by atoms with Gasteiger partial charge in [-0.1, -0.05) is 91.8 Å². The normalized spacial score (nSPS) is 15.6. The Kier molecular flexibility index (Phi) is 8.13. The lowest BCUT2D eigenvalue weighted by atomic mass is 9.88. The van der Waals surface area contributed by atoms with Crippen LogP contribution in [0.4, 0.5) is 4.39 Å². The maximum Gasteiger partial charge on any atom is 0.378 e. The maximum atomic E-state index is 16.6. The van der Waals surface area contributed by atoms with Crippen molar-refractivity contribution in [2.45, 2.75) is 98.3 Å². The molecule has 3 rings (SSSR count). The highest BCUT2D eigenvalue weighted by Gasteiger charge is 2.45. The first-order valence-electron chi connectivity index (χ1n) is 12.7. The summed E-state index contributed by atoms with van der Waals surface area (Å²) in [6, 6.07) is 12.9. The van der Waals surface area contributed by atoms with Crippen LogP contribution in [0.15, 0.2) is 48.8 Å².